The number of rotatable bonds is 4. The lowest BCUT2D eigenvalue weighted by molar-refractivity contribution is 0.0947. The molecule has 1 saturated heterocycles. The van der Waals surface area contributed by atoms with Crippen molar-refractivity contribution < 1.29 is 13.6 Å². The van der Waals surface area contributed by atoms with E-state index in [9.17, 15) is 13.6 Å². The lowest BCUT2D eigenvalue weighted by Gasteiger charge is -2.12. The number of carbonyl (C=O) groups excluding carboxylic acids is 1. The molecule has 3 N–H and O–H groups in total. The van der Waals surface area contributed by atoms with Crippen LogP contribution in [0.5, 0.6) is 0 Å². The maximum atomic E-state index is 14.2. The third kappa shape index (κ3) is 3.08. The first-order chi connectivity index (χ1) is 12.6. The fourth-order valence-corrected chi connectivity index (χ4v) is 3.50. The molecule has 2 heterocycles. The summed E-state index contributed by atoms with van der Waals surface area (Å²) in [5.41, 5.74) is 1.80. The van der Waals surface area contributed by atoms with E-state index in [0.29, 0.717) is 23.1 Å². The number of nitrogens with one attached hydrogen (secondary N) is 3. The highest BCUT2D eigenvalue weighted by Gasteiger charge is 2.22. The van der Waals surface area contributed by atoms with Crippen LogP contribution in [0.1, 0.15) is 23.3 Å². The molecule has 0 radical (unpaired) electrons. The van der Waals surface area contributed by atoms with E-state index in [1.807, 2.05) is 0 Å². The largest absolute Gasteiger partial charge is 0.349 e. The molecule has 3 aromatic rings. The summed E-state index contributed by atoms with van der Waals surface area (Å²) < 4.78 is 27.5. The van der Waals surface area contributed by atoms with Gasteiger partial charge >= 0.3 is 0 Å². The lowest BCUT2D eigenvalue weighted by atomic mass is 10.0. The Morgan fingerprint density at radius 2 is 1.96 bits per heavy atom. The molecule has 6 heteroatoms. The Kier molecular flexibility index (Phi) is 4.42. The topological polar surface area (TPSA) is 56.9 Å². The fraction of sp³-hybridized carbons (Fsp3) is 0.250. The third-order valence-electron chi connectivity index (χ3n) is 4.81. The molecule has 1 aliphatic heterocycles. The molecule has 4 rings (SSSR count). The highest BCUT2D eigenvalue weighted by molar-refractivity contribution is 6.09. The van der Waals surface area contributed by atoms with Gasteiger partial charge in [-0.15, -0.1) is 0 Å². The van der Waals surface area contributed by atoms with Crippen LogP contribution in [0.25, 0.3) is 22.0 Å². The Morgan fingerprint density at radius 1 is 1.15 bits per heavy atom. The first-order valence-electron chi connectivity index (χ1n) is 8.71. The van der Waals surface area contributed by atoms with Gasteiger partial charge in [-0.25, -0.2) is 8.78 Å². The van der Waals surface area contributed by atoms with Crippen molar-refractivity contribution in [3.05, 3.63) is 59.8 Å². The molecule has 0 aliphatic carbocycles. The predicted molar refractivity (Wildman–Crippen MR) is 97.0 cm³/mol. The van der Waals surface area contributed by atoms with Crippen LogP contribution in [0.2, 0.25) is 0 Å². The van der Waals surface area contributed by atoms with Crippen LogP contribution in [-0.2, 0) is 0 Å². The quantitative estimate of drug-likeness (QED) is 0.670. The maximum Gasteiger partial charge on any atom is 0.268 e. The summed E-state index contributed by atoms with van der Waals surface area (Å²) in [6.45, 7) is 1.47. The summed E-state index contributed by atoms with van der Waals surface area (Å²) in [5, 5.41) is 6.84. The van der Waals surface area contributed by atoms with Gasteiger partial charge in [0.2, 0.25) is 0 Å². The minimum atomic E-state index is -0.428. The van der Waals surface area contributed by atoms with Crippen molar-refractivity contribution in [2.45, 2.75) is 18.9 Å². The van der Waals surface area contributed by atoms with Crippen molar-refractivity contribution >= 4 is 16.8 Å². The summed E-state index contributed by atoms with van der Waals surface area (Å²) in [6, 6.07) is 10.8. The summed E-state index contributed by atoms with van der Waals surface area (Å²) in [6.07, 6.45) is 2.12. The molecule has 1 amide bonds. The molecule has 1 aliphatic rings. The van der Waals surface area contributed by atoms with Gasteiger partial charge < -0.3 is 15.6 Å². The zero-order chi connectivity index (χ0) is 18.1. The zero-order valence-electron chi connectivity index (χ0n) is 14.1. The van der Waals surface area contributed by atoms with Crippen molar-refractivity contribution in [2.75, 3.05) is 13.1 Å². The first-order valence-corrected chi connectivity index (χ1v) is 8.71. The Balaban J connectivity index is 1.74. The molecule has 0 spiro atoms. The van der Waals surface area contributed by atoms with E-state index < -0.39 is 5.82 Å². The lowest BCUT2D eigenvalue weighted by Crippen LogP contribution is -2.37. The van der Waals surface area contributed by atoms with E-state index in [4.69, 9.17) is 0 Å². The van der Waals surface area contributed by atoms with Crippen LogP contribution in [0.4, 0.5) is 8.78 Å². The van der Waals surface area contributed by atoms with Gasteiger partial charge in [0.05, 0.1) is 5.52 Å². The summed E-state index contributed by atoms with van der Waals surface area (Å²) in [5.74, 6) is -1.09. The molecule has 0 saturated carbocycles. The average molecular weight is 355 g/mol. The number of aromatic nitrogens is 1. The van der Waals surface area contributed by atoms with Crippen molar-refractivity contribution in [3.63, 3.8) is 0 Å². The normalized spacial score (nSPS) is 16.9. The minimum Gasteiger partial charge on any atom is -0.349 e. The van der Waals surface area contributed by atoms with Crippen LogP contribution in [0.3, 0.4) is 0 Å². The van der Waals surface area contributed by atoms with Crippen LogP contribution >= 0.6 is 0 Å². The van der Waals surface area contributed by atoms with Gasteiger partial charge in [-0.1, -0.05) is 24.3 Å². The van der Waals surface area contributed by atoms with E-state index in [1.165, 1.54) is 18.2 Å². The van der Waals surface area contributed by atoms with E-state index in [2.05, 4.69) is 15.6 Å². The van der Waals surface area contributed by atoms with Gasteiger partial charge in [0.25, 0.3) is 5.91 Å². The van der Waals surface area contributed by atoms with Gasteiger partial charge in [-0.2, -0.15) is 0 Å². The highest BCUT2D eigenvalue weighted by atomic mass is 19.1. The number of hydrogen-bond donors (Lipinski definition) is 3. The molecular weight excluding hydrogens is 336 g/mol. The summed E-state index contributed by atoms with van der Waals surface area (Å²) in [7, 11) is 0. The minimum absolute atomic E-state index is 0.259. The average Bonchev–Trinajstić information content (AvgIpc) is 3.29. The van der Waals surface area contributed by atoms with Gasteiger partial charge in [0.1, 0.15) is 17.3 Å². The second-order valence-corrected chi connectivity index (χ2v) is 6.55. The van der Waals surface area contributed by atoms with Crippen molar-refractivity contribution in [3.8, 4) is 11.1 Å². The molecule has 1 fully saturated rings. The molecular formula is C20H19F2N3O. The molecule has 2 aromatic carbocycles. The Bertz CT molecular complexity index is 944. The Morgan fingerprint density at radius 3 is 2.69 bits per heavy atom. The number of benzene rings is 2. The Hall–Kier alpha value is -2.73. The van der Waals surface area contributed by atoms with E-state index in [1.54, 1.807) is 24.3 Å². The van der Waals surface area contributed by atoms with Crippen LogP contribution in [0.15, 0.2) is 42.5 Å². The highest BCUT2D eigenvalue weighted by Crippen LogP contribution is 2.33. The van der Waals surface area contributed by atoms with Crippen molar-refractivity contribution in [1.29, 1.82) is 0 Å². The first kappa shape index (κ1) is 16.7. The summed E-state index contributed by atoms with van der Waals surface area (Å²) >= 11 is 0. The predicted octanol–water partition coefficient (Wildman–Crippen LogP) is 3.59. The molecule has 1 atom stereocenters. The number of aromatic amines is 1. The Labute approximate surface area is 149 Å². The summed E-state index contributed by atoms with van der Waals surface area (Å²) in [4.78, 5) is 15.7. The molecule has 0 unspecified atom stereocenters. The van der Waals surface area contributed by atoms with Crippen LogP contribution in [-0.4, -0.2) is 30.0 Å². The van der Waals surface area contributed by atoms with Gasteiger partial charge in [-0.3, -0.25) is 4.79 Å². The van der Waals surface area contributed by atoms with Crippen molar-refractivity contribution in [1.82, 2.24) is 15.6 Å². The number of halogens is 2. The van der Waals surface area contributed by atoms with E-state index in [0.717, 1.165) is 19.4 Å². The second kappa shape index (κ2) is 6.88. The zero-order valence-corrected chi connectivity index (χ0v) is 14.1. The second-order valence-electron chi connectivity index (χ2n) is 6.55. The number of fused-ring (bicyclic) bond motifs is 1. The standard InChI is InChI=1S/C20H19F2N3O/c21-13-8-6-12(7-9-13)17-15-4-1-5-16(22)18(15)25-19(17)20(26)24-11-14-3-2-10-23-14/h1,4-9,14,23,25H,2-3,10-11H2,(H,24,26)/t14-/m0/s1. The van der Waals surface area contributed by atoms with E-state index in [-0.39, 0.29) is 29.0 Å². The van der Waals surface area contributed by atoms with Crippen molar-refractivity contribution in [2.24, 2.45) is 0 Å². The molecule has 0 bridgehead atoms. The van der Waals surface area contributed by atoms with Crippen LogP contribution in [0, 0.1) is 11.6 Å². The number of hydrogen-bond acceptors (Lipinski definition) is 2. The monoisotopic (exact) mass is 355 g/mol. The smallest absolute Gasteiger partial charge is 0.268 e. The van der Waals surface area contributed by atoms with Gasteiger partial charge in [-0.05, 0) is 43.1 Å². The third-order valence-corrected chi connectivity index (χ3v) is 4.81. The maximum absolute atomic E-state index is 14.2. The number of carbonyl (C=O) groups is 1. The molecule has 134 valence electrons. The molecule has 1 aromatic heterocycles. The number of para-hydroxylation sites is 1. The van der Waals surface area contributed by atoms with Gasteiger partial charge in [0.15, 0.2) is 0 Å². The fourth-order valence-electron chi connectivity index (χ4n) is 3.50. The van der Waals surface area contributed by atoms with Crippen LogP contribution < -0.4 is 10.6 Å². The van der Waals surface area contributed by atoms with E-state index >= 15 is 0 Å². The number of amides is 1. The number of H-pyrrole nitrogens is 1. The SMILES string of the molecule is O=C(NC[C@@H]1CCCN1)c1[nH]c2c(F)cccc2c1-c1ccc(F)cc1. The molecule has 26 heavy (non-hydrogen) atoms. The van der Waals surface area contributed by atoms with Gasteiger partial charge in [0, 0.05) is 23.5 Å². The molecule has 4 nitrogen and oxygen atoms in total.